The standard InChI is InChI=1S/C11H13FN4/c1-8-4-9(2-3-10(8)12)5-13-6-11-14-7-15-16-11/h2-4,7,13H,5-6H2,1H3,(H,14,15,16). The molecule has 16 heavy (non-hydrogen) atoms. The Hall–Kier alpha value is -1.75. The highest BCUT2D eigenvalue weighted by Crippen LogP contribution is 2.08. The lowest BCUT2D eigenvalue weighted by molar-refractivity contribution is 0.614. The Balaban J connectivity index is 1.87. The number of nitrogens with zero attached hydrogens (tertiary/aromatic N) is 2. The number of halogens is 1. The fourth-order valence-corrected chi connectivity index (χ4v) is 1.46. The summed E-state index contributed by atoms with van der Waals surface area (Å²) in [5, 5.41) is 9.70. The van der Waals surface area contributed by atoms with Gasteiger partial charge in [-0.25, -0.2) is 9.37 Å². The van der Waals surface area contributed by atoms with Crippen LogP contribution >= 0.6 is 0 Å². The van der Waals surface area contributed by atoms with Gasteiger partial charge in [-0.3, -0.25) is 5.10 Å². The molecular weight excluding hydrogens is 207 g/mol. The molecule has 1 heterocycles. The molecule has 0 bridgehead atoms. The minimum absolute atomic E-state index is 0.168. The van der Waals surface area contributed by atoms with E-state index in [0.717, 1.165) is 11.4 Å². The fraction of sp³-hybridized carbons (Fsp3) is 0.273. The summed E-state index contributed by atoms with van der Waals surface area (Å²) in [5.74, 6) is 0.623. The Bertz CT molecular complexity index is 453. The van der Waals surface area contributed by atoms with E-state index >= 15 is 0 Å². The average molecular weight is 220 g/mol. The van der Waals surface area contributed by atoms with Gasteiger partial charge in [0.15, 0.2) is 0 Å². The molecule has 0 aliphatic carbocycles. The molecule has 0 amide bonds. The first-order chi connectivity index (χ1) is 7.75. The zero-order valence-corrected chi connectivity index (χ0v) is 9.00. The molecule has 5 heteroatoms. The van der Waals surface area contributed by atoms with Gasteiger partial charge in [0.05, 0.1) is 6.54 Å². The molecular formula is C11H13FN4. The van der Waals surface area contributed by atoms with Gasteiger partial charge in [0.25, 0.3) is 0 Å². The second-order valence-corrected chi connectivity index (χ2v) is 3.62. The number of benzene rings is 1. The smallest absolute Gasteiger partial charge is 0.138 e. The van der Waals surface area contributed by atoms with E-state index in [4.69, 9.17) is 0 Å². The Kier molecular flexibility index (Phi) is 3.26. The third kappa shape index (κ3) is 2.64. The first-order valence-corrected chi connectivity index (χ1v) is 5.05. The first-order valence-electron chi connectivity index (χ1n) is 5.05. The van der Waals surface area contributed by atoms with Crippen molar-refractivity contribution in [2.75, 3.05) is 0 Å². The SMILES string of the molecule is Cc1cc(CNCc2ncn[nH]2)ccc1F. The monoisotopic (exact) mass is 220 g/mol. The molecule has 0 spiro atoms. The van der Waals surface area contributed by atoms with Crippen LogP contribution in [-0.2, 0) is 13.1 Å². The number of H-pyrrole nitrogens is 1. The van der Waals surface area contributed by atoms with E-state index in [1.165, 1.54) is 12.4 Å². The van der Waals surface area contributed by atoms with Gasteiger partial charge >= 0.3 is 0 Å². The highest BCUT2D eigenvalue weighted by atomic mass is 19.1. The van der Waals surface area contributed by atoms with Crippen LogP contribution in [0.2, 0.25) is 0 Å². The molecule has 0 saturated carbocycles. The third-order valence-corrected chi connectivity index (χ3v) is 2.31. The average Bonchev–Trinajstić information content (AvgIpc) is 2.76. The van der Waals surface area contributed by atoms with E-state index in [-0.39, 0.29) is 5.82 Å². The van der Waals surface area contributed by atoms with Crippen LogP contribution in [0.5, 0.6) is 0 Å². The van der Waals surface area contributed by atoms with Crippen molar-refractivity contribution < 1.29 is 4.39 Å². The van der Waals surface area contributed by atoms with E-state index < -0.39 is 0 Å². The van der Waals surface area contributed by atoms with Gasteiger partial charge in [0, 0.05) is 6.54 Å². The van der Waals surface area contributed by atoms with E-state index in [0.29, 0.717) is 18.7 Å². The van der Waals surface area contributed by atoms with Gasteiger partial charge in [-0.15, -0.1) is 0 Å². The first kappa shape index (κ1) is 10.8. The van der Waals surface area contributed by atoms with Crippen LogP contribution in [0.4, 0.5) is 4.39 Å². The number of aryl methyl sites for hydroxylation is 1. The topological polar surface area (TPSA) is 53.6 Å². The summed E-state index contributed by atoms with van der Waals surface area (Å²) in [5.41, 5.74) is 1.72. The summed E-state index contributed by atoms with van der Waals surface area (Å²) in [6, 6.07) is 5.10. The summed E-state index contributed by atoms with van der Waals surface area (Å²) < 4.78 is 13.0. The Morgan fingerprint density at radius 3 is 2.94 bits per heavy atom. The van der Waals surface area contributed by atoms with Crippen LogP contribution in [0, 0.1) is 12.7 Å². The maximum absolute atomic E-state index is 13.0. The second-order valence-electron chi connectivity index (χ2n) is 3.62. The fourth-order valence-electron chi connectivity index (χ4n) is 1.46. The summed E-state index contributed by atoms with van der Waals surface area (Å²) in [7, 11) is 0. The second kappa shape index (κ2) is 4.85. The molecule has 0 fully saturated rings. The van der Waals surface area contributed by atoms with E-state index in [9.17, 15) is 4.39 Å². The predicted octanol–water partition coefficient (Wildman–Crippen LogP) is 1.54. The number of aromatic amines is 1. The number of hydrogen-bond acceptors (Lipinski definition) is 3. The lowest BCUT2D eigenvalue weighted by Crippen LogP contribution is -2.13. The lowest BCUT2D eigenvalue weighted by Gasteiger charge is -2.04. The molecule has 0 unspecified atom stereocenters. The minimum Gasteiger partial charge on any atom is -0.306 e. The van der Waals surface area contributed by atoms with Crippen molar-refractivity contribution in [1.82, 2.24) is 20.5 Å². The quantitative estimate of drug-likeness (QED) is 0.821. The molecule has 2 aromatic rings. The largest absolute Gasteiger partial charge is 0.306 e. The van der Waals surface area contributed by atoms with Gasteiger partial charge in [-0.1, -0.05) is 12.1 Å². The van der Waals surface area contributed by atoms with Crippen molar-refractivity contribution in [3.05, 3.63) is 47.3 Å². The summed E-state index contributed by atoms with van der Waals surface area (Å²) in [6.45, 7) is 3.06. The Morgan fingerprint density at radius 2 is 2.25 bits per heavy atom. The highest BCUT2D eigenvalue weighted by molar-refractivity contribution is 5.23. The summed E-state index contributed by atoms with van der Waals surface area (Å²) >= 11 is 0. The van der Waals surface area contributed by atoms with Crippen molar-refractivity contribution in [3.8, 4) is 0 Å². The van der Waals surface area contributed by atoms with Gasteiger partial charge in [0.2, 0.25) is 0 Å². The van der Waals surface area contributed by atoms with Crippen LogP contribution in [0.1, 0.15) is 17.0 Å². The number of rotatable bonds is 4. The molecule has 4 nitrogen and oxygen atoms in total. The maximum atomic E-state index is 13.0. The minimum atomic E-state index is -0.168. The molecule has 1 aromatic heterocycles. The predicted molar refractivity (Wildman–Crippen MR) is 58.1 cm³/mol. The van der Waals surface area contributed by atoms with Crippen LogP contribution in [0.3, 0.4) is 0 Å². The van der Waals surface area contributed by atoms with Crippen LogP contribution in [0.25, 0.3) is 0 Å². The number of hydrogen-bond donors (Lipinski definition) is 2. The van der Waals surface area contributed by atoms with Crippen molar-refractivity contribution in [3.63, 3.8) is 0 Å². The lowest BCUT2D eigenvalue weighted by atomic mass is 10.1. The highest BCUT2D eigenvalue weighted by Gasteiger charge is 1.99. The molecule has 0 atom stereocenters. The van der Waals surface area contributed by atoms with Crippen LogP contribution in [-0.4, -0.2) is 15.2 Å². The van der Waals surface area contributed by atoms with Crippen LogP contribution < -0.4 is 5.32 Å². The van der Waals surface area contributed by atoms with E-state index in [2.05, 4.69) is 20.5 Å². The van der Waals surface area contributed by atoms with Gasteiger partial charge in [0.1, 0.15) is 18.0 Å². The zero-order valence-electron chi connectivity index (χ0n) is 9.00. The molecule has 84 valence electrons. The summed E-state index contributed by atoms with van der Waals surface area (Å²) in [6.07, 6.45) is 1.47. The molecule has 2 N–H and O–H groups in total. The van der Waals surface area contributed by atoms with Crippen LogP contribution in [0.15, 0.2) is 24.5 Å². The number of nitrogens with one attached hydrogen (secondary N) is 2. The number of aromatic nitrogens is 3. The molecule has 0 aliphatic rings. The molecule has 0 radical (unpaired) electrons. The maximum Gasteiger partial charge on any atom is 0.138 e. The molecule has 0 aliphatic heterocycles. The third-order valence-electron chi connectivity index (χ3n) is 2.31. The Labute approximate surface area is 92.9 Å². The molecule has 1 aromatic carbocycles. The van der Waals surface area contributed by atoms with Gasteiger partial charge in [-0.05, 0) is 24.1 Å². The van der Waals surface area contributed by atoms with E-state index in [1.807, 2.05) is 6.07 Å². The van der Waals surface area contributed by atoms with Crippen molar-refractivity contribution >= 4 is 0 Å². The van der Waals surface area contributed by atoms with Gasteiger partial charge in [-0.2, -0.15) is 5.10 Å². The van der Waals surface area contributed by atoms with Gasteiger partial charge < -0.3 is 5.32 Å². The normalized spacial score (nSPS) is 10.6. The Morgan fingerprint density at radius 1 is 1.38 bits per heavy atom. The van der Waals surface area contributed by atoms with Crippen molar-refractivity contribution in [2.45, 2.75) is 20.0 Å². The molecule has 2 rings (SSSR count). The van der Waals surface area contributed by atoms with E-state index in [1.54, 1.807) is 13.0 Å². The van der Waals surface area contributed by atoms with Crippen molar-refractivity contribution in [2.24, 2.45) is 0 Å². The zero-order chi connectivity index (χ0) is 11.4. The molecule has 0 saturated heterocycles. The van der Waals surface area contributed by atoms with Crippen molar-refractivity contribution in [1.29, 1.82) is 0 Å². The summed E-state index contributed by atoms with van der Waals surface area (Å²) in [4.78, 5) is 3.99.